The smallest absolute Gasteiger partial charge is 0.130 e. The molecule has 0 saturated heterocycles. The Balaban J connectivity index is 1.95. The summed E-state index contributed by atoms with van der Waals surface area (Å²) in [5, 5.41) is 31.9. The molecular weight excluding hydrogens is 388 g/mol. The highest BCUT2D eigenvalue weighted by Gasteiger charge is 2.21. The lowest BCUT2D eigenvalue weighted by atomic mass is 9.92. The number of aryl methyl sites for hydroxylation is 2. The highest BCUT2D eigenvalue weighted by molar-refractivity contribution is 5.84. The van der Waals surface area contributed by atoms with E-state index in [-0.39, 0.29) is 17.2 Å². The van der Waals surface area contributed by atoms with E-state index in [9.17, 15) is 15.3 Å². The van der Waals surface area contributed by atoms with Crippen LogP contribution in [0.4, 0.5) is 0 Å². The van der Waals surface area contributed by atoms with Crippen LogP contribution in [0.3, 0.4) is 0 Å². The van der Waals surface area contributed by atoms with Crippen LogP contribution in [0.25, 0.3) is 11.1 Å². The minimum absolute atomic E-state index is 0.0505. The van der Waals surface area contributed by atoms with Crippen molar-refractivity contribution in [3.63, 3.8) is 0 Å². The van der Waals surface area contributed by atoms with Crippen LogP contribution >= 0.6 is 0 Å². The van der Waals surface area contributed by atoms with Gasteiger partial charge in [-0.25, -0.2) is 0 Å². The fourth-order valence-corrected chi connectivity index (χ4v) is 4.49. The molecular formula is C27H36O4. The van der Waals surface area contributed by atoms with Crippen LogP contribution in [0.2, 0.25) is 0 Å². The first-order valence-corrected chi connectivity index (χ1v) is 11.7. The normalized spacial score (nSPS) is 17.6. The van der Waals surface area contributed by atoms with Crippen LogP contribution in [0.15, 0.2) is 36.4 Å². The first kappa shape index (κ1) is 23.1. The number of rotatable bonds is 1. The second kappa shape index (κ2) is 11.7. The molecule has 0 saturated carbocycles. The molecule has 2 aliphatic carbocycles. The number of aromatic hydroxyl groups is 3. The summed E-state index contributed by atoms with van der Waals surface area (Å²) in [5.74, 6) is 0.673. The van der Waals surface area contributed by atoms with E-state index in [2.05, 4.69) is 12.2 Å². The van der Waals surface area contributed by atoms with Gasteiger partial charge in [0.15, 0.2) is 0 Å². The van der Waals surface area contributed by atoms with Crippen LogP contribution in [-0.2, 0) is 12.8 Å². The van der Waals surface area contributed by atoms with Crippen molar-refractivity contribution in [2.24, 2.45) is 0 Å². The van der Waals surface area contributed by atoms with Crippen molar-refractivity contribution in [2.75, 3.05) is 7.11 Å². The third-order valence-corrected chi connectivity index (χ3v) is 6.11. The Morgan fingerprint density at radius 3 is 1.94 bits per heavy atom. The Bertz CT molecular complexity index is 862. The zero-order valence-corrected chi connectivity index (χ0v) is 18.7. The summed E-state index contributed by atoms with van der Waals surface area (Å²) < 4.78 is 5.52. The van der Waals surface area contributed by atoms with E-state index in [1.165, 1.54) is 51.7 Å². The molecule has 2 aliphatic rings. The van der Waals surface area contributed by atoms with Gasteiger partial charge in [-0.3, -0.25) is 0 Å². The largest absolute Gasteiger partial charge is 0.508 e. The first-order valence-electron chi connectivity index (χ1n) is 11.7. The summed E-state index contributed by atoms with van der Waals surface area (Å²) in [6, 6.07) is 6.75. The predicted octanol–water partition coefficient (Wildman–Crippen LogP) is 7.03. The molecule has 0 unspecified atom stereocenters. The second-order valence-electron chi connectivity index (χ2n) is 8.57. The van der Waals surface area contributed by atoms with E-state index in [0.29, 0.717) is 23.3 Å². The number of phenols is 3. The molecule has 3 N–H and O–H groups in total. The minimum atomic E-state index is 0.0505. The molecule has 0 heterocycles. The fraction of sp³-hybridized carbons (Fsp3) is 0.481. The number of hydrogen-bond donors (Lipinski definition) is 3. The minimum Gasteiger partial charge on any atom is -0.508 e. The second-order valence-corrected chi connectivity index (χ2v) is 8.57. The Kier molecular flexibility index (Phi) is 8.69. The van der Waals surface area contributed by atoms with Gasteiger partial charge in [-0.2, -0.15) is 0 Å². The number of fused-ring (bicyclic) bond motifs is 14. The molecule has 31 heavy (non-hydrogen) atoms. The van der Waals surface area contributed by atoms with Crippen LogP contribution < -0.4 is 4.74 Å². The lowest BCUT2D eigenvalue weighted by Crippen LogP contribution is -1.97. The van der Waals surface area contributed by atoms with Crippen molar-refractivity contribution < 1.29 is 20.1 Å². The maximum absolute atomic E-state index is 10.8. The van der Waals surface area contributed by atoms with Gasteiger partial charge in [0, 0.05) is 11.6 Å². The molecule has 0 radical (unpaired) electrons. The predicted molar refractivity (Wildman–Crippen MR) is 126 cm³/mol. The topological polar surface area (TPSA) is 69.9 Å². The summed E-state index contributed by atoms with van der Waals surface area (Å²) in [7, 11) is 1.54. The Labute approximate surface area is 186 Å². The number of hydrogen-bond acceptors (Lipinski definition) is 4. The molecule has 0 fully saturated rings. The van der Waals surface area contributed by atoms with Gasteiger partial charge in [-0.1, -0.05) is 44.3 Å². The summed E-state index contributed by atoms with van der Waals surface area (Å²) in [4.78, 5) is 0. The van der Waals surface area contributed by atoms with E-state index >= 15 is 0 Å². The number of benzene rings is 2. The first-order chi connectivity index (χ1) is 15.1. The van der Waals surface area contributed by atoms with Gasteiger partial charge in [0.05, 0.1) is 12.7 Å². The van der Waals surface area contributed by atoms with E-state index in [4.69, 9.17) is 4.74 Å². The van der Waals surface area contributed by atoms with Crippen molar-refractivity contribution in [1.29, 1.82) is 0 Å². The summed E-state index contributed by atoms with van der Waals surface area (Å²) >= 11 is 0. The molecule has 0 aliphatic heterocycles. The van der Waals surface area contributed by atoms with Gasteiger partial charge in [0.2, 0.25) is 0 Å². The molecule has 2 aromatic carbocycles. The molecule has 0 aromatic heterocycles. The van der Waals surface area contributed by atoms with Crippen LogP contribution in [0.1, 0.15) is 75.3 Å². The number of allylic oxidation sites excluding steroid dienone is 2. The van der Waals surface area contributed by atoms with Gasteiger partial charge < -0.3 is 20.1 Å². The number of phenolic OH excluding ortho intramolecular Hbond substituents is 3. The average molecular weight is 425 g/mol. The molecule has 2 aromatic rings. The Morgan fingerprint density at radius 2 is 1.26 bits per heavy atom. The average Bonchev–Trinajstić information content (AvgIpc) is 2.73. The van der Waals surface area contributed by atoms with Crippen LogP contribution in [0, 0.1) is 0 Å². The van der Waals surface area contributed by atoms with Gasteiger partial charge in [0.1, 0.15) is 23.0 Å². The molecule has 4 heteroatoms. The molecule has 4 nitrogen and oxygen atoms in total. The highest BCUT2D eigenvalue weighted by Crippen LogP contribution is 2.46. The van der Waals surface area contributed by atoms with E-state index in [0.717, 1.165) is 43.2 Å². The molecule has 2 bridgehead atoms. The highest BCUT2D eigenvalue weighted by atomic mass is 16.5. The fourth-order valence-electron chi connectivity index (χ4n) is 4.49. The monoisotopic (exact) mass is 424 g/mol. The van der Waals surface area contributed by atoms with Crippen molar-refractivity contribution >= 4 is 0 Å². The van der Waals surface area contributed by atoms with E-state index in [1.807, 2.05) is 0 Å². The van der Waals surface area contributed by atoms with Gasteiger partial charge >= 0.3 is 0 Å². The maximum Gasteiger partial charge on any atom is 0.130 e. The summed E-state index contributed by atoms with van der Waals surface area (Å²) in [6.45, 7) is 0. The Morgan fingerprint density at radius 1 is 0.645 bits per heavy atom. The van der Waals surface area contributed by atoms with Crippen molar-refractivity contribution in [3.05, 3.63) is 47.5 Å². The molecule has 0 atom stereocenters. The van der Waals surface area contributed by atoms with E-state index in [1.54, 1.807) is 18.2 Å². The van der Waals surface area contributed by atoms with Crippen LogP contribution in [-0.4, -0.2) is 22.4 Å². The van der Waals surface area contributed by atoms with E-state index < -0.39 is 0 Å². The van der Waals surface area contributed by atoms with Crippen molar-refractivity contribution in [1.82, 2.24) is 0 Å². The number of ether oxygens (including phenoxy) is 1. The van der Waals surface area contributed by atoms with Crippen LogP contribution in [0.5, 0.6) is 23.0 Å². The standard InChI is InChI=1S/C27H36O4/c1-31-25-19-22(28)18-21-15-13-11-9-7-5-3-2-4-6-8-10-12-14-20-16-23(29)27(26(21)25)24(30)17-20/h7,9,16-19,28-30H,2-6,8,10-15H2,1H3/b9-7-. The van der Waals surface area contributed by atoms with Crippen molar-refractivity contribution in [3.8, 4) is 34.1 Å². The Hall–Kier alpha value is -2.62. The zero-order chi connectivity index (χ0) is 22.1. The van der Waals surface area contributed by atoms with Gasteiger partial charge in [-0.15, -0.1) is 0 Å². The third-order valence-electron chi connectivity index (χ3n) is 6.11. The maximum atomic E-state index is 10.8. The lowest BCUT2D eigenvalue weighted by molar-refractivity contribution is 0.406. The molecule has 0 amide bonds. The quantitative estimate of drug-likeness (QED) is 0.430. The molecule has 0 spiro atoms. The molecule has 168 valence electrons. The molecule has 4 rings (SSSR count). The summed E-state index contributed by atoms with van der Waals surface area (Å²) in [6.07, 6.45) is 17.7. The zero-order valence-electron chi connectivity index (χ0n) is 18.7. The van der Waals surface area contributed by atoms with Gasteiger partial charge in [0.25, 0.3) is 0 Å². The SMILES string of the molecule is COc1cc(O)cc2c1-c1c(O)cc(cc1O)CCCCCCCCC/C=C\CCC2. The third kappa shape index (κ3) is 6.43. The number of methoxy groups -OCH3 is 1. The summed E-state index contributed by atoms with van der Waals surface area (Å²) in [5.41, 5.74) is 2.83. The van der Waals surface area contributed by atoms with Crippen molar-refractivity contribution in [2.45, 2.75) is 77.0 Å². The van der Waals surface area contributed by atoms with Gasteiger partial charge in [-0.05, 0) is 74.3 Å². The lowest BCUT2D eigenvalue weighted by Gasteiger charge is -2.18.